The van der Waals surface area contributed by atoms with Crippen LogP contribution in [0.15, 0.2) is 47.4 Å². The van der Waals surface area contributed by atoms with Gasteiger partial charge in [-0.25, -0.2) is 17.8 Å². The van der Waals surface area contributed by atoms with Gasteiger partial charge in [-0.1, -0.05) is 12.1 Å². The zero-order chi connectivity index (χ0) is 20.0. The molecule has 0 fully saturated rings. The highest BCUT2D eigenvalue weighted by molar-refractivity contribution is 7.89. The van der Waals surface area contributed by atoms with Gasteiger partial charge in [0.1, 0.15) is 10.8 Å². The van der Waals surface area contributed by atoms with Crippen molar-refractivity contribution in [3.05, 3.63) is 58.9 Å². The Balaban J connectivity index is 1.98. The van der Waals surface area contributed by atoms with Crippen molar-refractivity contribution in [2.24, 2.45) is 0 Å². The van der Waals surface area contributed by atoms with E-state index in [-0.39, 0.29) is 0 Å². The van der Waals surface area contributed by atoms with Crippen LogP contribution in [0.1, 0.15) is 23.5 Å². The highest BCUT2D eigenvalue weighted by Crippen LogP contribution is 2.35. The number of hydrogen-bond donors (Lipinski definition) is 0. The van der Waals surface area contributed by atoms with E-state index in [2.05, 4.69) is 4.98 Å². The number of sulfonamides is 1. The number of fused-ring (bicyclic) bond motifs is 1. The van der Waals surface area contributed by atoms with Gasteiger partial charge in [0.25, 0.3) is 0 Å². The molecule has 0 saturated carbocycles. The second-order valence-electron chi connectivity index (χ2n) is 5.86. The van der Waals surface area contributed by atoms with Crippen LogP contribution < -0.4 is 0 Å². The molecule has 1 aromatic heterocycles. The normalized spacial score (nSPS) is 14.0. The Bertz CT molecular complexity index is 1060. The molecule has 2 aromatic carbocycles. The lowest BCUT2D eigenvalue weighted by atomic mass is 10.2. The average Bonchev–Trinajstić information content (AvgIpc) is 3.03. The van der Waals surface area contributed by atoms with E-state index in [0.717, 1.165) is 15.1 Å². The third-order valence-electron chi connectivity index (χ3n) is 4.13. The van der Waals surface area contributed by atoms with Gasteiger partial charge in [-0.15, -0.1) is 11.3 Å². The standard InChI is InChI=1S/C17H14F4N2O2S2/c1-10(16-22-14-5-3-4-6-15(14)26-16)23(2)27(24,25)11-7-8-13(18)12(9-11)17(19,20)21/h3-10H,1-2H3. The number of benzene rings is 2. The van der Waals surface area contributed by atoms with Crippen molar-refractivity contribution >= 4 is 31.6 Å². The highest BCUT2D eigenvalue weighted by Gasteiger charge is 2.36. The molecule has 0 radical (unpaired) electrons. The summed E-state index contributed by atoms with van der Waals surface area (Å²) in [6.45, 7) is 1.59. The second-order valence-corrected chi connectivity index (χ2v) is 8.92. The van der Waals surface area contributed by atoms with Crippen LogP contribution in [0.3, 0.4) is 0 Å². The van der Waals surface area contributed by atoms with Crippen LogP contribution in [-0.2, 0) is 16.2 Å². The van der Waals surface area contributed by atoms with Gasteiger partial charge in [-0.05, 0) is 37.3 Å². The van der Waals surface area contributed by atoms with E-state index >= 15 is 0 Å². The Hall–Kier alpha value is -2.04. The number of nitrogens with zero attached hydrogens (tertiary/aromatic N) is 2. The van der Waals surface area contributed by atoms with Gasteiger partial charge in [0.2, 0.25) is 10.0 Å². The lowest BCUT2D eigenvalue weighted by Gasteiger charge is -2.23. The zero-order valence-corrected chi connectivity index (χ0v) is 15.8. The molecule has 27 heavy (non-hydrogen) atoms. The van der Waals surface area contributed by atoms with Crippen molar-refractivity contribution in [1.82, 2.24) is 9.29 Å². The lowest BCUT2D eigenvalue weighted by Crippen LogP contribution is -2.30. The fourth-order valence-electron chi connectivity index (χ4n) is 2.48. The summed E-state index contributed by atoms with van der Waals surface area (Å²) in [5.41, 5.74) is -0.916. The van der Waals surface area contributed by atoms with Crippen LogP contribution in [0.25, 0.3) is 10.2 Å². The SMILES string of the molecule is CC(c1nc2ccccc2s1)N(C)S(=O)(=O)c1ccc(F)c(C(F)(F)F)c1. The molecule has 3 rings (SSSR count). The van der Waals surface area contributed by atoms with Gasteiger partial charge in [0.15, 0.2) is 0 Å². The van der Waals surface area contributed by atoms with Gasteiger partial charge in [-0.2, -0.15) is 17.5 Å². The van der Waals surface area contributed by atoms with Crippen LogP contribution in [0.4, 0.5) is 17.6 Å². The Morgan fingerprint density at radius 3 is 2.44 bits per heavy atom. The van der Waals surface area contributed by atoms with E-state index in [9.17, 15) is 26.0 Å². The first-order chi connectivity index (χ1) is 12.5. The first kappa shape index (κ1) is 19.7. The molecule has 1 atom stereocenters. The van der Waals surface area contributed by atoms with Crippen LogP contribution in [0.2, 0.25) is 0 Å². The number of thiazole rings is 1. The molecule has 1 unspecified atom stereocenters. The Labute approximate surface area is 157 Å². The summed E-state index contributed by atoms with van der Waals surface area (Å²) in [6.07, 6.45) is -4.99. The minimum atomic E-state index is -4.99. The van der Waals surface area contributed by atoms with Crippen molar-refractivity contribution in [2.75, 3.05) is 7.05 Å². The first-order valence-corrected chi connectivity index (χ1v) is 9.97. The average molecular weight is 418 g/mol. The summed E-state index contributed by atoms with van der Waals surface area (Å²) < 4.78 is 79.5. The van der Waals surface area contributed by atoms with Crippen LogP contribution in [-0.4, -0.2) is 24.8 Å². The molecule has 4 nitrogen and oxygen atoms in total. The number of rotatable bonds is 4. The molecular weight excluding hydrogens is 404 g/mol. The summed E-state index contributed by atoms with van der Waals surface area (Å²) in [6, 6.07) is 8.17. The Morgan fingerprint density at radius 2 is 1.81 bits per heavy atom. The maximum Gasteiger partial charge on any atom is 0.419 e. The van der Waals surface area contributed by atoms with Crippen LogP contribution >= 0.6 is 11.3 Å². The summed E-state index contributed by atoms with van der Waals surface area (Å²) in [7, 11) is -3.04. The van der Waals surface area contributed by atoms with Gasteiger partial charge >= 0.3 is 6.18 Å². The van der Waals surface area contributed by atoms with E-state index in [1.165, 1.54) is 18.4 Å². The molecule has 0 bridgehead atoms. The fraction of sp³-hybridized carbons (Fsp3) is 0.235. The van der Waals surface area contributed by atoms with Crippen molar-refractivity contribution in [3.8, 4) is 0 Å². The third-order valence-corrected chi connectivity index (χ3v) is 7.26. The maximum atomic E-state index is 13.5. The van der Waals surface area contributed by atoms with Crippen molar-refractivity contribution in [3.63, 3.8) is 0 Å². The summed E-state index contributed by atoms with van der Waals surface area (Å²) in [5.74, 6) is -1.52. The maximum absolute atomic E-state index is 13.5. The van der Waals surface area contributed by atoms with Crippen LogP contribution in [0.5, 0.6) is 0 Å². The minimum Gasteiger partial charge on any atom is -0.239 e. The topological polar surface area (TPSA) is 50.3 Å². The number of halogens is 4. The van der Waals surface area contributed by atoms with E-state index in [1.807, 2.05) is 12.1 Å². The van der Waals surface area contributed by atoms with Crippen molar-refractivity contribution < 1.29 is 26.0 Å². The van der Waals surface area contributed by atoms with E-state index < -0.39 is 38.5 Å². The first-order valence-electron chi connectivity index (χ1n) is 7.72. The molecule has 0 spiro atoms. The van der Waals surface area contributed by atoms with Gasteiger partial charge in [0, 0.05) is 7.05 Å². The van der Waals surface area contributed by atoms with E-state index in [1.54, 1.807) is 19.1 Å². The second kappa shape index (κ2) is 6.84. The summed E-state index contributed by atoms with van der Waals surface area (Å²) >= 11 is 1.30. The predicted molar refractivity (Wildman–Crippen MR) is 94.4 cm³/mol. The summed E-state index contributed by atoms with van der Waals surface area (Å²) in [4.78, 5) is 3.75. The predicted octanol–water partition coefficient (Wildman–Crippen LogP) is 4.84. The Morgan fingerprint density at radius 1 is 1.15 bits per heavy atom. The van der Waals surface area contributed by atoms with Crippen molar-refractivity contribution in [2.45, 2.75) is 24.0 Å². The molecule has 0 aliphatic heterocycles. The van der Waals surface area contributed by atoms with Gasteiger partial charge in [-0.3, -0.25) is 0 Å². The smallest absolute Gasteiger partial charge is 0.239 e. The quantitative estimate of drug-likeness (QED) is 0.570. The van der Waals surface area contributed by atoms with Crippen molar-refractivity contribution in [1.29, 1.82) is 0 Å². The molecule has 0 aliphatic carbocycles. The largest absolute Gasteiger partial charge is 0.419 e. The molecule has 0 saturated heterocycles. The monoisotopic (exact) mass is 418 g/mol. The molecule has 0 amide bonds. The van der Waals surface area contributed by atoms with Gasteiger partial charge in [0.05, 0.1) is 26.7 Å². The van der Waals surface area contributed by atoms with Gasteiger partial charge < -0.3 is 0 Å². The molecule has 0 aliphatic rings. The minimum absolute atomic E-state index is 0.312. The molecule has 144 valence electrons. The fourth-order valence-corrected chi connectivity index (χ4v) is 4.97. The third kappa shape index (κ3) is 3.69. The zero-order valence-electron chi connectivity index (χ0n) is 14.2. The molecule has 10 heteroatoms. The van der Waals surface area contributed by atoms with Crippen LogP contribution in [0, 0.1) is 5.82 Å². The molecule has 0 N–H and O–H groups in total. The number of hydrogen-bond acceptors (Lipinski definition) is 4. The number of para-hydroxylation sites is 1. The molecule has 1 heterocycles. The highest BCUT2D eigenvalue weighted by atomic mass is 32.2. The van der Waals surface area contributed by atoms with E-state index in [4.69, 9.17) is 0 Å². The molecule has 3 aromatic rings. The van der Waals surface area contributed by atoms with E-state index in [0.29, 0.717) is 22.7 Å². The molecular formula is C17H14F4N2O2S2. The number of alkyl halides is 3. The summed E-state index contributed by atoms with van der Waals surface area (Å²) in [5, 5.41) is 0.500. The number of aromatic nitrogens is 1. The Kier molecular flexibility index (Phi) is 5.00. The lowest BCUT2D eigenvalue weighted by molar-refractivity contribution is -0.140.